The zero-order valence-electron chi connectivity index (χ0n) is 16.0. The van der Waals surface area contributed by atoms with Crippen molar-refractivity contribution in [2.75, 3.05) is 28.1 Å². The highest BCUT2D eigenvalue weighted by Crippen LogP contribution is 2.42. The minimum absolute atomic E-state index is 0.212. The Labute approximate surface area is 163 Å². The lowest BCUT2D eigenvalue weighted by molar-refractivity contribution is -0.144. The summed E-state index contributed by atoms with van der Waals surface area (Å²) in [7, 11) is 4.70. The van der Waals surface area contributed by atoms with Crippen molar-refractivity contribution in [1.29, 1.82) is 0 Å². The zero-order valence-corrected chi connectivity index (χ0v) is 16.0. The van der Waals surface area contributed by atoms with Crippen molar-refractivity contribution >= 4 is 5.97 Å². The largest absolute Gasteiger partial charge is 0.493 e. The zero-order chi connectivity index (χ0) is 19.7. The number of cyclic esters (lactones) is 1. The van der Waals surface area contributed by atoms with Gasteiger partial charge >= 0.3 is 5.97 Å². The summed E-state index contributed by atoms with van der Waals surface area (Å²) in [5, 5.41) is 0. The van der Waals surface area contributed by atoms with Crippen LogP contribution < -0.4 is 23.7 Å². The lowest BCUT2D eigenvalue weighted by atomic mass is 9.93. The molecule has 0 unspecified atom stereocenters. The Balaban J connectivity index is 1.52. The summed E-state index contributed by atoms with van der Waals surface area (Å²) >= 11 is 0. The second-order valence-electron chi connectivity index (χ2n) is 6.71. The standard InChI is InChI=1S/C21H22O7/c1-23-18-7-12(8-19(24-2)20(18)25-3)6-14-10-16(28-21(14)22)13-4-5-15-17(9-13)27-11-26-15/h4-5,7-9,14,16H,6,10-11H2,1-3H3/t14-,16+/m0/s1. The maximum Gasteiger partial charge on any atom is 0.310 e. The molecular weight excluding hydrogens is 364 g/mol. The third kappa shape index (κ3) is 3.28. The molecule has 0 aromatic heterocycles. The predicted molar refractivity (Wildman–Crippen MR) is 99.3 cm³/mol. The minimum Gasteiger partial charge on any atom is -0.493 e. The van der Waals surface area contributed by atoms with E-state index in [2.05, 4.69) is 0 Å². The van der Waals surface area contributed by atoms with Crippen LogP contribution in [0.25, 0.3) is 0 Å². The molecule has 0 bridgehead atoms. The van der Waals surface area contributed by atoms with Crippen LogP contribution in [0.15, 0.2) is 30.3 Å². The molecule has 1 fully saturated rings. The first-order valence-electron chi connectivity index (χ1n) is 9.02. The minimum atomic E-state index is -0.297. The molecule has 2 atom stereocenters. The van der Waals surface area contributed by atoms with Crippen LogP contribution in [-0.2, 0) is 16.0 Å². The SMILES string of the molecule is COc1cc(C[C@H]2C[C@H](c3ccc4c(c3)OCO4)OC2=O)cc(OC)c1OC. The Kier molecular flexibility index (Phi) is 4.90. The first-order chi connectivity index (χ1) is 13.6. The van der Waals surface area contributed by atoms with Crippen molar-refractivity contribution < 1.29 is 33.2 Å². The van der Waals surface area contributed by atoms with Crippen LogP contribution in [0.3, 0.4) is 0 Å². The van der Waals surface area contributed by atoms with Crippen LogP contribution >= 0.6 is 0 Å². The summed E-state index contributed by atoms with van der Waals surface area (Å²) in [4.78, 5) is 12.5. The van der Waals surface area contributed by atoms with Crippen molar-refractivity contribution in [2.24, 2.45) is 5.92 Å². The van der Waals surface area contributed by atoms with E-state index in [9.17, 15) is 4.79 Å². The normalized spacial score (nSPS) is 20.0. The monoisotopic (exact) mass is 386 g/mol. The van der Waals surface area contributed by atoms with E-state index in [0.717, 1.165) is 11.1 Å². The molecule has 4 rings (SSSR count). The van der Waals surface area contributed by atoms with E-state index in [1.54, 1.807) is 21.3 Å². The molecule has 2 aromatic carbocycles. The Morgan fingerprint density at radius 2 is 1.68 bits per heavy atom. The molecule has 2 heterocycles. The van der Waals surface area contributed by atoms with Crippen molar-refractivity contribution in [1.82, 2.24) is 0 Å². The van der Waals surface area contributed by atoms with Gasteiger partial charge in [0.1, 0.15) is 6.10 Å². The van der Waals surface area contributed by atoms with Gasteiger partial charge in [-0.2, -0.15) is 0 Å². The van der Waals surface area contributed by atoms with Gasteiger partial charge < -0.3 is 28.4 Å². The maximum absolute atomic E-state index is 12.5. The molecule has 1 saturated heterocycles. The highest BCUT2D eigenvalue weighted by atomic mass is 16.7. The van der Waals surface area contributed by atoms with Gasteiger partial charge in [-0.05, 0) is 41.8 Å². The highest BCUT2D eigenvalue weighted by molar-refractivity contribution is 5.75. The number of ether oxygens (including phenoxy) is 6. The molecule has 0 N–H and O–H groups in total. The molecule has 148 valence electrons. The van der Waals surface area contributed by atoms with Crippen LogP contribution in [0.5, 0.6) is 28.7 Å². The average molecular weight is 386 g/mol. The lowest BCUT2D eigenvalue weighted by Crippen LogP contribution is -2.11. The fourth-order valence-corrected chi connectivity index (χ4v) is 3.66. The molecule has 0 aliphatic carbocycles. The molecule has 2 aromatic rings. The van der Waals surface area contributed by atoms with Gasteiger partial charge in [-0.15, -0.1) is 0 Å². The van der Waals surface area contributed by atoms with Gasteiger partial charge in [0.05, 0.1) is 27.2 Å². The summed E-state index contributed by atoms with van der Waals surface area (Å²) in [5.74, 6) is 2.59. The summed E-state index contributed by atoms with van der Waals surface area (Å²) < 4.78 is 32.5. The first kappa shape index (κ1) is 18.3. The van der Waals surface area contributed by atoms with E-state index < -0.39 is 0 Å². The molecule has 2 aliphatic rings. The van der Waals surface area contributed by atoms with Crippen LogP contribution in [-0.4, -0.2) is 34.1 Å². The maximum atomic E-state index is 12.5. The van der Waals surface area contributed by atoms with E-state index >= 15 is 0 Å². The topological polar surface area (TPSA) is 72.5 Å². The molecule has 0 amide bonds. The van der Waals surface area contributed by atoms with Gasteiger partial charge in [0.25, 0.3) is 0 Å². The van der Waals surface area contributed by atoms with Crippen LogP contribution in [0, 0.1) is 5.92 Å². The molecule has 0 saturated carbocycles. The first-order valence-corrected chi connectivity index (χ1v) is 9.02. The van der Waals surface area contributed by atoms with Crippen molar-refractivity contribution in [3.63, 3.8) is 0 Å². The van der Waals surface area contributed by atoms with E-state index in [1.165, 1.54) is 0 Å². The van der Waals surface area contributed by atoms with Crippen molar-refractivity contribution in [3.8, 4) is 28.7 Å². The number of hydrogen-bond acceptors (Lipinski definition) is 7. The number of rotatable bonds is 6. The number of fused-ring (bicyclic) bond motifs is 1. The predicted octanol–water partition coefficient (Wildman–Crippen LogP) is 3.29. The Morgan fingerprint density at radius 3 is 2.36 bits per heavy atom. The Hall–Kier alpha value is -3.09. The van der Waals surface area contributed by atoms with Crippen LogP contribution in [0.4, 0.5) is 0 Å². The third-order valence-electron chi connectivity index (χ3n) is 5.07. The van der Waals surface area contributed by atoms with E-state index in [1.807, 2.05) is 30.3 Å². The Bertz CT molecular complexity index is 867. The number of methoxy groups -OCH3 is 3. The van der Waals surface area contributed by atoms with Gasteiger partial charge in [-0.25, -0.2) is 0 Å². The molecule has 0 radical (unpaired) electrons. The number of esters is 1. The molecule has 7 heteroatoms. The quantitative estimate of drug-likeness (QED) is 0.706. The summed E-state index contributed by atoms with van der Waals surface area (Å²) in [6.07, 6.45) is 0.820. The molecule has 28 heavy (non-hydrogen) atoms. The van der Waals surface area contributed by atoms with Gasteiger partial charge in [0, 0.05) is 6.42 Å². The third-order valence-corrected chi connectivity index (χ3v) is 5.07. The number of carbonyl (C=O) groups is 1. The lowest BCUT2D eigenvalue weighted by Gasteiger charge is -2.15. The molecule has 2 aliphatic heterocycles. The number of carbonyl (C=O) groups excluding carboxylic acids is 1. The summed E-state index contributed by atoms with van der Waals surface area (Å²) in [6.45, 7) is 0.215. The fourth-order valence-electron chi connectivity index (χ4n) is 3.66. The molecular formula is C21H22O7. The van der Waals surface area contributed by atoms with Crippen LogP contribution in [0.1, 0.15) is 23.7 Å². The van der Waals surface area contributed by atoms with E-state index in [4.69, 9.17) is 28.4 Å². The van der Waals surface area contributed by atoms with Crippen LogP contribution in [0.2, 0.25) is 0 Å². The highest BCUT2D eigenvalue weighted by Gasteiger charge is 2.36. The second kappa shape index (κ2) is 7.50. The summed E-state index contributed by atoms with van der Waals surface area (Å²) in [6, 6.07) is 9.36. The average Bonchev–Trinajstić information content (AvgIpc) is 3.33. The van der Waals surface area contributed by atoms with Gasteiger partial charge in [0.15, 0.2) is 23.0 Å². The summed E-state index contributed by atoms with van der Waals surface area (Å²) in [5.41, 5.74) is 1.83. The second-order valence-corrected chi connectivity index (χ2v) is 6.71. The van der Waals surface area contributed by atoms with E-state index in [-0.39, 0.29) is 24.8 Å². The van der Waals surface area contributed by atoms with Crippen molar-refractivity contribution in [2.45, 2.75) is 18.9 Å². The smallest absolute Gasteiger partial charge is 0.310 e. The molecule has 7 nitrogen and oxygen atoms in total. The number of hydrogen-bond donors (Lipinski definition) is 0. The Morgan fingerprint density at radius 1 is 0.964 bits per heavy atom. The van der Waals surface area contributed by atoms with Gasteiger partial charge in [-0.3, -0.25) is 4.79 Å². The van der Waals surface area contributed by atoms with Gasteiger partial charge in [0.2, 0.25) is 12.5 Å². The van der Waals surface area contributed by atoms with Gasteiger partial charge in [-0.1, -0.05) is 6.07 Å². The fraction of sp³-hybridized carbons (Fsp3) is 0.381. The number of benzene rings is 2. The van der Waals surface area contributed by atoms with E-state index in [0.29, 0.717) is 41.6 Å². The van der Waals surface area contributed by atoms with Crippen molar-refractivity contribution in [3.05, 3.63) is 41.5 Å². The molecule has 0 spiro atoms.